The van der Waals surface area contributed by atoms with Gasteiger partial charge in [0.2, 0.25) is 0 Å². The highest BCUT2D eigenvalue weighted by atomic mass is 32.1. The molecule has 37 heavy (non-hydrogen) atoms. The minimum Gasteiger partial charge on any atom is -0.504 e. The number of phenols is 1. The highest BCUT2D eigenvalue weighted by Gasteiger charge is 2.44. The van der Waals surface area contributed by atoms with E-state index in [-0.39, 0.29) is 5.56 Å². The quantitative estimate of drug-likeness (QED) is 0.259. The Morgan fingerprint density at radius 2 is 1.92 bits per heavy atom. The van der Waals surface area contributed by atoms with Gasteiger partial charge < -0.3 is 25.2 Å². The van der Waals surface area contributed by atoms with Gasteiger partial charge in [-0.3, -0.25) is 14.4 Å². The molecule has 0 radical (unpaired) electrons. The minimum absolute atomic E-state index is 0.110. The Balaban J connectivity index is 1.70. The molecule has 0 fully saturated rings. The molecule has 198 valence electrons. The van der Waals surface area contributed by atoms with Crippen LogP contribution >= 0.6 is 11.3 Å². The first-order valence-corrected chi connectivity index (χ1v) is 11.6. The molecule has 0 saturated heterocycles. The number of phenolic OH excluding ortho intramolecular Hbond substituents is 1. The van der Waals surface area contributed by atoms with Crippen molar-refractivity contribution in [2.24, 2.45) is 0 Å². The largest absolute Gasteiger partial charge is 0.504 e. The summed E-state index contributed by atoms with van der Waals surface area (Å²) < 4.78 is 45.7. The molecule has 0 bridgehead atoms. The molecule has 1 aromatic heterocycles. The number of thiophene rings is 1. The zero-order valence-electron chi connectivity index (χ0n) is 19.5. The Bertz CT molecular complexity index is 1270. The molecule has 1 aliphatic rings. The Morgan fingerprint density at radius 3 is 2.54 bits per heavy atom. The number of fused-ring (bicyclic) bond motifs is 1. The summed E-state index contributed by atoms with van der Waals surface area (Å²) in [4.78, 5) is 61.4. The fourth-order valence-electron chi connectivity index (χ4n) is 3.42. The first-order valence-electron chi connectivity index (χ1n) is 10.8. The molecule has 1 aliphatic heterocycles. The van der Waals surface area contributed by atoms with Crippen molar-refractivity contribution >= 4 is 40.7 Å². The highest BCUT2D eigenvalue weighted by Crippen LogP contribution is 2.31. The molecule has 1 amide bonds. The zero-order chi connectivity index (χ0) is 27.5. The Labute approximate surface area is 211 Å². The van der Waals surface area contributed by atoms with Gasteiger partial charge in [0.1, 0.15) is 0 Å². The first kappa shape index (κ1) is 27.8. The predicted molar refractivity (Wildman–Crippen MR) is 121 cm³/mol. The van der Waals surface area contributed by atoms with Gasteiger partial charge in [0.15, 0.2) is 23.1 Å². The maximum absolute atomic E-state index is 12.7. The maximum atomic E-state index is 12.7. The second kappa shape index (κ2) is 11.1. The lowest BCUT2D eigenvalue weighted by atomic mass is 10.1. The molecule has 2 aromatic rings. The number of carbonyl (C=O) groups is 5. The van der Waals surface area contributed by atoms with Crippen molar-refractivity contribution in [1.29, 1.82) is 0 Å². The van der Waals surface area contributed by atoms with E-state index in [9.17, 15) is 42.3 Å². The van der Waals surface area contributed by atoms with Crippen molar-refractivity contribution in [2.75, 3.05) is 13.1 Å². The molecule has 1 atom stereocenters. The highest BCUT2D eigenvalue weighted by molar-refractivity contribution is 7.14. The topological polar surface area (TPSA) is 148 Å². The molecule has 3 N–H and O–H groups in total. The van der Waals surface area contributed by atoms with Gasteiger partial charge >= 0.3 is 18.1 Å². The molecule has 0 aliphatic carbocycles. The number of halogens is 3. The summed E-state index contributed by atoms with van der Waals surface area (Å²) in [5, 5.41) is 15.7. The number of hydrogen-bond donors (Lipinski definition) is 3. The third-order valence-electron chi connectivity index (χ3n) is 5.34. The van der Waals surface area contributed by atoms with Crippen molar-refractivity contribution in [3.8, 4) is 11.5 Å². The number of benzene rings is 1. The monoisotopic (exact) mass is 542 g/mol. The summed E-state index contributed by atoms with van der Waals surface area (Å²) in [6.45, 7) is 3.62. The second-order valence-corrected chi connectivity index (χ2v) is 9.09. The number of alkyl halides is 3. The van der Waals surface area contributed by atoms with Crippen LogP contribution in [0.3, 0.4) is 0 Å². The van der Waals surface area contributed by atoms with Gasteiger partial charge in [-0.2, -0.15) is 13.2 Å². The number of ketones is 2. The maximum Gasteiger partial charge on any atom is 0.491 e. The molecule has 1 aromatic carbocycles. The molecule has 10 nitrogen and oxygen atoms in total. The smallest absolute Gasteiger partial charge is 0.491 e. The van der Waals surface area contributed by atoms with Gasteiger partial charge in [-0.25, -0.2) is 9.59 Å². The molecule has 0 saturated carbocycles. The minimum atomic E-state index is -5.49. The summed E-state index contributed by atoms with van der Waals surface area (Å²) in [5.41, 5.74) is 1.77. The van der Waals surface area contributed by atoms with E-state index in [0.717, 1.165) is 48.0 Å². The number of ether oxygens (including phenoxy) is 2. The molecular formula is C23H21F3N2O8S. The Hall–Kier alpha value is -3.78. The average molecular weight is 542 g/mol. The van der Waals surface area contributed by atoms with Crippen LogP contribution in [0.4, 0.5) is 13.2 Å². The van der Waals surface area contributed by atoms with Gasteiger partial charge in [0.05, 0.1) is 11.4 Å². The van der Waals surface area contributed by atoms with Crippen molar-refractivity contribution in [3.05, 3.63) is 44.6 Å². The van der Waals surface area contributed by atoms with E-state index in [0.29, 0.717) is 11.4 Å². The lowest BCUT2D eigenvalue weighted by molar-refractivity contribution is -0.203. The first-order chi connectivity index (χ1) is 17.3. The van der Waals surface area contributed by atoms with E-state index in [2.05, 4.69) is 15.4 Å². The normalized spacial score (nSPS) is 13.8. The van der Waals surface area contributed by atoms with Crippen LogP contribution in [0.25, 0.3) is 0 Å². The van der Waals surface area contributed by atoms with E-state index < -0.39 is 59.7 Å². The third kappa shape index (κ3) is 6.51. The lowest BCUT2D eigenvalue weighted by Crippen LogP contribution is -2.39. The van der Waals surface area contributed by atoms with Gasteiger partial charge in [-0.1, -0.05) is 0 Å². The molecule has 2 heterocycles. The summed E-state index contributed by atoms with van der Waals surface area (Å²) in [7, 11) is 0. The van der Waals surface area contributed by atoms with Crippen LogP contribution in [0, 0.1) is 6.92 Å². The van der Waals surface area contributed by atoms with Crippen LogP contribution < -0.4 is 15.4 Å². The number of aromatic hydroxyl groups is 1. The van der Waals surface area contributed by atoms with Crippen molar-refractivity contribution < 1.29 is 51.7 Å². The Morgan fingerprint density at radius 1 is 1.22 bits per heavy atom. The summed E-state index contributed by atoms with van der Waals surface area (Å²) in [5.74, 6) is -8.29. The number of rotatable bonds is 8. The standard InChI is InChI=1S/C23H21F3N2O8S/c1-10-13-8-27-6-5-17(13)37-19(10)20(32)28-9-15(31)12-3-4-14(30)16(7-12)35-18(11(2)29)21(33)36-22(34)23(24,25)26/h3-4,7,18,27,30H,5-6,8-9H2,1-2H3,(H,28,32). The molecule has 0 spiro atoms. The lowest BCUT2D eigenvalue weighted by Gasteiger charge is -2.16. The summed E-state index contributed by atoms with van der Waals surface area (Å²) in [6, 6.07) is 3.09. The van der Waals surface area contributed by atoms with Crippen molar-refractivity contribution in [2.45, 2.75) is 39.1 Å². The van der Waals surface area contributed by atoms with Crippen LogP contribution in [0.2, 0.25) is 0 Å². The van der Waals surface area contributed by atoms with Gasteiger partial charge in [0, 0.05) is 23.5 Å². The molecule has 14 heteroatoms. The molecule has 3 rings (SSSR count). The molecule has 1 unspecified atom stereocenters. The van der Waals surface area contributed by atoms with Gasteiger partial charge in [-0.05, 0) is 49.6 Å². The fraction of sp³-hybridized carbons (Fsp3) is 0.348. The van der Waals surface area contributed by atoms with Crippen LogP contribution in [0.5, 0.6) is 11.5 Å². The number of carbonyl (C=O) groups excluding carboxylic acids is 5. The van der Waals surface area contributed by atoms with E-state index in [4.69, 9.17) is 4.74 Å². The van der Waals surface area contributed by atoms with Crippen LogP contribution in [-0.2, 0) is 32.1 Å². The fourth-order valence-corrected chi connectivity index (χ4v) is 4.66. The summed E-state index contributed by atoms with van der Waals surface area (Å²) >= 11 is 1.35. The van der Waals surface area contributed by atoms with E-state index in [1.807, 2.05) is 6.92 Å². The van der Waals surface area contributed by atoms with E-state index >= 15 is 0 Å². The SMILES string of the molecule is CC(=O)C(Oc1cc(C(=O)CNC(=O)c2sc3c(c2C)CNCC3)ccc1O)C(=O)OC(=O)C(F)(F)F. The zero-order valence-corrected chi connectivity index (χ0v) is 20.3. The summed E-state index contributed by atoms with van der Waals surface area (Å²) in [6.07, 6.45) is -7.03. The van der Waals surface area contributed by atoms with Crippen LogP contribution in [0.15, 0.2) is 18.2 Å². The van der Waals surface area contributed by atoms with Crippen molar-refractivity contribution in [3.63, 3.8) is 0 Å². The Kier molecular flexibility index (Phi) is 8.33. The number of amides is 1. The van der Waals surface area contributed by atoms with Crippen molar-refractivity contribution in [1.82, 2.24) is 10.6 Å². The third-order valence-corrected chi connectivity index (χ3v) is 6.73. The molecular weight excluding hydrogens is 521 g/mol. The van der Waals surface area contributed by atoms with Crippen LogP contribution in [0.1, 0.15) is 43.0 Å². The number of esters is 2. The number of hydrogen-bond acceptors (Lipinski definition) is 10. The van der Waals surface area contributed by atoms with Crippen LogP contribution in [-0.4, -0.2) is 59.9 Å². The van der Waals surface area contributed by atoms with E-state index in [1.54, 1.807) is 0 Å². The van der Waals surface area contributed by atoms with E-state index in [1.165, 1.54) is 17.4 Å². The van der Waals surface area contributed by atoms with Gasteiger partial charge in [-0.15, -0.1) is 11.3 Å². The predicted octanol–water partition coefficient (Wildman–Crippen LogP) is 1.99. The number of nitrogens with one attached hydrogen (secondary N) is 2. The van der Waals surface area contributed by atoms with Gasteiger partial charge in [0.25, 0.3) is 12.0 Å². The average Bonchev–Trinajstić information content (AvgIpc) is 3.17. The second-order valence-electron chi connectivity index (χ2n) is 7.99. The number of Topliss-reactive ketones (excluding diaryl/α,β-unsaturated/α-hetero) is 2.